The first-order valence-corrected chi connectivity index (χ1v) is 7.62. The molecule has 0 spiro atoms. The molecule has 2 aromatic heterocycles. The summed E-state index contributed by atoms with van der Waals surface area (Å²) in [6, 6.07) is 3.64. The van der Waals surface area contributed by atoms with Gasteiger partial charge in [0.05, 0.1) is 18.1 Å². The number of nitrogens with one attached hydrogen (secondary N) is 1. The van der Waals surface area contributed by atoms with Gasteiger partial charge >= 0.3 is 0 Å². The molecule has 0 saturated heterocycles. The van der Waals surface area contributed by atoms with E-state index in [1.165, 1.54) is 11.3 Å². The molecule has 98 valence electrons. The monoisotopic (exact) mass is 310 g/mol. The highest BCUT2D eigenvalue weighted by atomic mass is 35.5. The van der Waals surface area contributed by atoms with Crippen LogP contribution in [-0.4, -0.2) is 12.5 Å². The van der Waals surface area contributed by atoms with E-state index in [-0.39, 0.29) is 5.91 Å². The van der Waals surface area contributed by atoms with Gasteiger partial charge < -0.3 is 11.1 Å². The number of hydrogen-bond acceptors (Lipinski definition) is 4. The minimum absolute atomic E-state index is 0.161. The van der Waals surface area contributed by atoms with Crippen molar-refractivity contribution in [3.63, 3.8) is 0 Å². The summed E-state index contributed by atoms with van der Waals surface area (Å²) in [7, 11) is 0. The minimum atomic E-state index is -0.161. The molecule has 1 amide bonds. The predicted octanol–water partition coefficient (Wildman–Crippen LogP) is 2.70. The molecule has 0 atom stereocenters. The van der Waals surface area contributed by atoms with Crippen molar-refractivity contribution in [1.29, 1.82) is 0 Å². The number of carbonyl (C=O) groups excluding carboxylic acids is 1. The van der Waals surface area contributed by atoms with E-state index in [1.54, 1.807) is 22.8 Å². The van der Waals surface area contributed by atoms with Crippen molar-refractivity contribution in [2.24, 2.45) is 5.73 Å². The molecule has 2 heterocycles. The summed E-state index contributed by atoms with van der Waals surface area (Å²) in [5.41, 5.74) is 6.26. The van der Waals surface area contributed by atoms with E-state index in [0.29, 0.717) is 23.0 Å². The normalized spacial score (nSPS) is 9.79. The van der Waals surface area contributed by atoms with E-state index < -0.39 is 0 Å². The SMILES string of the molecule is NCC#Cc1ccsc1CNC(=O)c1sccc1Cl. The number of hydrogen-bond donors (Lipinski definition) is 2. The standard InChI is InChI=1S/C13H11ClN2OS2/c14-10-4-7-19-12(10)13(17)16-8-11-9(2-1-5-15)3-6-18-11/h3-4,6-7H,5,8,15H2,(H,16,17). The molecule has 0 aliphatic rings. The van der Waals surface area contributed by atoms with Crippen LogP contribution in [0.3, 0.4) is 0 Å². The highest BCUT2D eigenvalue weighted by Crippen LogP contribution is 2.22. The third-order valence-electron chi connectivity index (χ3n) is 2.30. The molecule has 0 radical (unpaired) electrons. The van der Waals surface area contributed by atoms with Crippen LogP contribution in [0.1, 0.15) is 20.1 Å². The lowest BCUT2D eigenvalue weighted by Crippen LogP contribution is -2.21. The van der Waals surface area contributed by atoms with Gasteiger partial charge in [-0.05, 0) is 22.9 Å². The van der Waals surface area contributed by atoms with Crippen molar-refractivity contribution >= 4 is 40.2 Å². The largest absolute Gasteiger partial charge is 0.346 e. The Bertz CT molecular complexity index is 636. The molecular formula is C13H11ClN2OS2. The molecule has 19 heavy (non-hydrogen) atoms. The van der Waals surface area contributed by atoms with Crippen LogP contribution in [0.5, 0.6) is 0 Å². The summed E-state index contributed by atoms with van der Waals surface area (Å²) in [6.07, 6.45) is 0. The lowest BCUT2D eigenvalue weighted by atomic mass is 10.2. The second kappa shape index (κ2) is 6.73. The van der Waals surface area contributed by atoms with Gasteiger partial charge in [0, 0.05) is 10.4 Å². The maximum Gasteiger partial charge on any atom is 0.263 e. The molecule has 3 nitrogen and oxygen atoms in total. The van der Waals surface area contributed by atoms with Gasteiger partial charge in [0.2, 0.25) is 0 Å². The number of carbonyl (C=O) groups is 1. The summed E-state index contributed by atoms with van der Waals surface area (Å²) >= 11 is 8.79. The number of rotatable bonds is 3. The number of thiophene rings is 2. The zero-order chi connectivity index (χ0) is 13.7. The fourth-order valence-corrected chi connectivity index (χ4v) is 3.26. The number of nitrogens with two attached hydrogens (primary N) is 1. The Morgan fingerprint density at radius 3 is 2.84 bits per heavy atom. The maximum absolute atomic E-state index is 11.9. The van der Waals surface area contributed by atoms with Crippen LogP contribution in [0.15, 0.2) is 22.9 Å². The Morgan fingerprint density at radius 1 is 1.37 bits per heavy atom. The molecular weight excluding hydrogens is 300 g/mol. The first kappa shape index (κ1) is 14.1. The second-order valence-corrected chi connectivity index (χ2v) is 5.87. The molecule has 0 saturated carbocycles. The van der Waals surface area contributed by atoms with Crippen LogP contribution in [0, 0.1) is 11.8 Å². The number of amides is 1. The number of halogens is 1. The zero-order valence-corrected chi connectivity index (χ0v) is 12.3. The third-order valence-corrected chi connectivity index (χ3v) is 4.56. The average molecular weight is 311 g/mol. The summed E-state index contributed by atoms with van der Waals surface area (Å²) < 4.78 is 0. The Balaban J connectivity index is 2.02. The average Bonchev–Trinajstić information content (AvgIpc) is 3.02. The van der Waals surface area contributed by atoms with Gasteiger partial charge in [-0.2, -0.15) is 0 Å². The van der Waals surface area contributed by atoms with Crippen LogP contribution in [0.2, 0.25) is 5.02 Å². The van der Waals surface area contributed by atoms with E-state index in [9.17, 15) is 4.79 Å². The van der Waals surface area contributed by atoms with Crippen LogP contribution in [0.25, 0.3) is 0 Å². The van der Waals surface area contributed by atoms with Crippen molar-refractivity contribution < 1.29 is 4.79 Å². The zero-order valence-electron chi connectivity index (χ0n) is 9.90. The molecule has 0 unspecified atom stereocenters. The molecule has 0 aromatic carbocycles. The summed E-state index contributed by atoms with van der Waals surface area (Å²) in [4.78, 5) is 13.5. The predicted molar refractivity (Wildman–Crippen MR) is 80.8 cm³/mol. The summed E-state index contributed by atoms with van der Waals surface area (Å²) in [5, 5.41) is 7.06. The van der Waals surface area contributed by atoms with Gasteiger partial charge in [-0.3, -0.25) is 4.79 Å². The fraction of sp³-hybridized carbons (Fsp3) is 0.154. The molecule has 2 aromatic rings. The minimum Gasteiger partial charge on any atom is -0.346 e. The quantitative estimate of drug-likeness (QED) is 0.856. The van der Waals surface area contributed by atoms with E-state index in [2.05, 4.69) is 17.2 Å². The van der Waals surface area contributed by atoms with E-state index in [0.717, 1.165) is 10.4 Å². The summed E-state index contributed by atoms with van der Waals surface area (Å²) in [6.45, 7) is 0.770. The van der Waals surface area contributed by atoms with Crippen LogP contribution < -0.4 is 11.1 Å². The Kier molecular flexibility index (Phi) is 5.00. The first-order valence-electron chi connectivity index (χ1n) is 5.49. The molecule has 0 bridgehead atoms. The molecule has 0 fully saturated rings. The lowest BCUT2D eigenvalue weighted by Gasteiger charge is -2.03. The van der Waals surface area contributed by atoms with Crippen LogP contribution >= 0.6 is 34.3 Å². The topological polar surface area (TPSA) is 55.1 Å². The van der Waals surface area contributed by atoms with Gasteiger partial charge in [0.25, 0.3) is 5.91 Å². The second-order valence-electron chi connectivity index (χ2n) is 3.54. The van der Waals surface area contributed by atoms with Gasteiger partial charge in [-0.1, -0.05) is 23.4 Å². The fourth-order valence-electron chi connectivity index (χ4n) is 1.43. The highest BCUT2D eigenvalue weighted by molar-refractivity contribution is 7.12. The van der Waals surface area contributed by atoms with Crippen LogP contribution in [-0.2, 0) is 6.54 Å². The lowest BCUT2D eigenvalue weighted by molar-refractivity contribution is 0.0955. The Labute approximate surface area is 124 Å². The molecule has 2 rings (SSSR count). The van der Waals surface area contributed by atoms with Crippen molar-refractivity contribution in [2.45, 2.75) is 6.54 Å². The summed E-state index contributed by atoms with van der Waals surface area (Å²) in [5.74, 6) is 5.63. The van der Waals surface area contributed by atoms with E-state index in [1.807, 2.05) is 11.4 Å². The van der Waals surface area contributed by atoms with E-state index in [4.69, 9.17) is 17.3 Å². The molecule has 6 heteroatoms. The smallest absolute Gasteiger partial charge is 0.263 e. The molecule has 0 aliphatic carbocycles. The van der Waals surface area contributed by atoms with Crippen molar-refractivity contribution in [3.8, 4) is 11.8 Å². The van der Waals surface area contributed by atoms with E-state index >= 15 is 0 Å². The Morgan fingerprint density at radius 2 is 2.16 bits per heavy atom. The van der Waals surface area contributed by atoms with Crippen molar-refractivity contribution in [3.05, 3.63) is 43.2 Å². The Hall–Kier alpha value is -1.32. The molecule has 3 N–H and O–H groups in total. The van der Waals surface area contributed by atoms with Crippen molar-refractivity contribution in [2.75, 3.05) is 6.54 Å². The highest BCUT2D eigenvalue weighted by Gasteiger charge is 2.12. The van der Waals surface area contributed by atoms with Gasteiger partial charge in [-0.25, -0.2) is 0 Å². The third kappa shape index (κ3) is 3.58. The van der Waals surface area contributed by atoms with Crippen LogP contribution in [0.4, 0.5) is 0 Å². The van der Waals surface area contributed by atoms with Gasteiger partial charge in [0.1, 0.15) is 4.88 Å². The molecule has 0 aliphatic heterocycles. The first-order chi connectivity index (χ1) is 9.22. The van der Waals surface area contributed by atoms with Gasteiger partial charge in [0.15, 0.2) is 0 Å². The van der Waals surface area contributed by atoms with Gasteiger partial charge in [-0.15, -0.1) is 22.7 Å². The maximum atomic E-state index is 11.9. The van der Waals surface area contributed by atoms with Crippen molar-refractivity contribution in [1.82, 2.24) is 5.32 Å².